The largest absolute Gasteiger partial charge is 0.398 e. The van der Waals surface area contributed by atoms with Crippen molar-refractivity contribution in [3.63, 3.8) is 0 Å². The molecule has 158 valence electrons. The summed E-state index contributed by atoms with van der Waals surface area (Å²) in [4.78, 5) is 0. The highest BCUT2D eigenvalue weighted by molar-refractivity contribution is 5.51. The summed E-state index contributed by atoms with van der Waals surface area (Å²) in [6.45, 7) is -0.297. The van der Waals surface area contributed by atoms with Gasteiger partial charge >= 0.3 is 0 Å². The first-order chi connectivity index (χ1) is 13.9. The normalized spacial score (nSPS) is 27.1. The maximum atomic E-state index is 10.4. The number of rotatable bonds is 7. The number of hydrogen-bond donors (Lipinski definition) is 6. The number of hydrogen-bond acceptors (Lipinski definition) is 7. The summed E-state index contributed by atoms with van der Waals surface area (Å²) in [5, 5.41) is 48.7. The average molecular weight is 403 g/mol. The van der Waals surface area contributed by atoms with Crippen LogP contribution in [0.25, 0.3) is 0 Å². The van der Waals surface area contributed by atoms with E-state index in [9.17, 15) is 20.4 Å². The van der Waals surface area contributed by atoms with E-state index in [-0.39, 0.29) is 6.61 Å². The molecule has 1 fully saturated rings. The molecule has 0 radical (unpaired) electrons. The van der Waals surface area contributed by atoms with Crippen molar-refractivity contribution in [3.8, 4) is 0 Å². The molecule has 2 aromatic carbocycles. The zero-order chi connectivity index (χ0) is 21.0. The minimum atomic E-state index is -1.42. The number of ether oxygens (including phenoxy) is 1. The van der Waals surface area contributed by atoms with Crippen LogP contribution in [-0.4, -0.2) is 63.2 Å². The van der Waals surface area contributed by atoms with Gasteiger partial charge in [-0.25, -0.2) is 0 Å². The number of nitrogen functional groups attached to an aromatic ring is 1. The zero-order valence-electron chi connectivity index (χ0n) is 16.2. The van der Waals surface area contributed by atoms with Crippen LogP contribution in [0.2, 0.25) is 0 Å². The van der Waals surface area contributed by atoms with E-state index in [4.69, 9.17) is 15.6 Å². The highest BCUT2D eigenvalue weighted by Gasteiger charge is 2.43. The highest BCUT2D eigenvalue weighted by atomic mass is 16.5. The minimum Gasteiger partial charge on any atom is -0.398 e. The topological polar surface area (TPSA) is 136 Å². The van der Waals surface area contributed by atoms with Crippen molar-refractivity contribution < 1.29 is 30.3 Å². The van der Waals surface area contributed by atoms with Crippen LogP contribution >= 0.6 is 0 Å². The van der Waals surface area contributed by atoms with E-state index in [1.165, 1.54) is 0 Å². The Labute approximate surface area is 170 Å². The predicted molar refractivity (Wildman–Crippen MR) is 108 cm³/mol. The number of benzene rings is 2. The molecule has 29 heavy (non-hydrogen) atoms. The molecule has 1 saturated heterocycles. The van der Waals surface area contributed by atoms with Crippen LogP contribution in [0.3, 0.4) is 0 Å². The Morgan fingerprint density at radius 2 is 1.55 bits per heavy atom. The molecule has 3 rings (SSSR count). The summed E-state index contributed by atoms with van der Waals surface area (Å²) in [5.74, 6) is 0. The molecule has 7 N–H and O–H groups in total. The Balaban J connectivity index is 1.79. The van der Waals surface area contributed by atoms with Gasteiger partial charge in [-0.1, -0.05) is 36.4 Å². The van der Waals surface area contributed by atoms with Crippen LogP contribution in [0.1, 0.15) is 34.8 Å². The summed E-state index contributed by atoms with van der Waals surface area (Å²) in [6, 6.07) is 13.4. The number of anilines is 1. The van der Waals surface area contributed by atoms with E-state index in [1.807, 2.05) is 30.3 Å². The molecule has 7 heteroatoms. The lowest BCUT2D eigenvalue weighted by Crippen LogP contribution is -2.55. The van der Waals surface area contributed by atoms with Gasteiger partial charge in [0.15, 0.2) is 0 Å². The molecule has 0 spiro atoms. The summed E-state index contributed by atoms with van der Waals surface area (Å²) in [6.07, 6.45) is -3.83. The van der Waals surface area contributed by atoms with Crippen molar-refractivity contribution in [2.75, 3.05) is 18.9 Å². The molecule has 2 aromatic rings. The van der Waals surface area contributed by atoms with Gasteiger partial charge in [0.1, 0.15) is 30.5 Å². The number of aryl methyl sites for hydroxylation is 1. The third-order valence-corrected chi connectivity index (χ3v) is 5.43. The van der Waals surface area contributed by atoms with Crippen molar-refractivity contribution in [2.45, 2.75) is 49.8 Å². The minimum absolute atomic E-state index is 0.170. The lowest BCUT2D eigenvalue weighted by atomic mass is 9.89. The van der Waals surface area contributed by atoms with Gasteiger partial charge in [-0.3, -0.25) is 0 Å². The molecule has 0 aromatic heterocycles. The van der Waals surface area contributed by atoms with Gasteiger partial charge in [0, 0.05) is 12.3 Å². The van der Waals surface area contributed by atoms with Gasteiger partial charge in [-0.15, -0.1) is 0 Å². The number of aliphatic hydroxyl groups excluding tert-OH is 5. The fourth-order valence-corrected chi connectivity index (χ4v) is 3.66. The molecular weight excluding hydrogens is 374 g/mol. The van der Waals surface area contributed by atoms with Crippen molar-refractivity contribution in [1.29, 1.82) is 0 Å². The third kappa shape index (κ3) is 4.95. The van der Waals surface area contributed by atoms with Crippen LogP contribution < -0.4 is 5.73 Å². The first-order valence-electron chi connectivity index (χ1n) is 9.82. The Hall–Kier alpha value is -2.00. The smallest absolute Gasteiger partial charge is 0.113 e. The molecular formula is C22H29NO6. The average Bonchev–Trinajstić information content (AvgIpc) is 2.73. The molecule has 1 unspecified atom stereocenters. The second-order valence-corrected chi connectivity index (χ2v) is 7.53. The van der Waals surface area contributed by atoms with E-state index in [0.29, 0.717) is 17.7 Å². The quantitative estimate of drug-likeness (QED) is 0.366. The van der Waals surface area contributed by atoms with Crippen LogP contribution in [0.5, 0.6) is 0 Å². The molecule has 1 aliphatic rings. The van der Waals surface area contributed by atoms with E-state index in [0.717, 1.165) is 29.5 Å². The summed E-state index contributed by atoms with van der Waals surface area (Å²) in [7, 11) is 0. The van der Waals surface area contributed by atoms with E-state index in [1.54, 1.807) is 12.1 Å². The van der Waals surface area contributed by atoms with Crippen LogP contribution in [-0.2, 0) is 17.6 Å². The standard InChI is InChI=1S/C22H29NO6/c23-17-8-7-15(22-21(28)20(27)19(26)18(12-25)29-22)11-16(17)10-14-5-3-13(4-6-14)2-1-9-24/h3-8,11,18-22,24-28H,1-2,9-10,12,23H2/t18-,19-,20?,21-,22+/m1/s1. The first-order valence-corrected chi connectivity index (χ1v) is 9.82. The fourth-order valence-electron chi connectivity index (χ4n) is 3.66. The molecule has 0 saturated carbocycles. The van der Waals surface area contributed by atoms with Crippen molar-refractivity contribution in [3.05, 3.63) is 64.7 Å². The number of nitrogens with two attached hydrogens (primary N) is 1. The molecule has 5 atom stereocenters. The zero-order valence-corrected chi connectivity index (χ0v) is 16.2. The summed E-state index contributed by atoms with van der Waals surface area (Å²) < 4.78 is 5.64. The molecule has 1 heterocycles. The van der Waals surface area contributed by atoms with Gasteiger partial charge in [0.2, 0.25) is 0 Å². The van der Waals surface area contributed by atoms with Crippen molar-refractivity contribution in [2.24, 2.45) is 0 Å². The van der Waals surface area contributed by atoms with Gasteiger partial charge in [-0.05, 0) is 47.6 Å². The van der Waals surface area contributed by atoms with E-state index >= 15 is 0 Å². The summed E-state index contributed by atoms with van der Waals surface area (Å²) >= 11 is 0. The first kappa shape index (κ1) is 21.7. The molecule has 7 nitrogen and oxygen atoms in total. The van der Waals surface area contributed by atoms with Gasteiger partial charge in [-0.2, -0.15) is 0 Å². The van der Waals surface area contributed by atoms with E-state index in [2.05, 4.69) is 0 Å². The monoisotopic (exact) mass is 403 g/mol. The Bertz CT molecular complexity index is 794. The van der Waals surface area contributed by atoms with Gasteiger partial charge < -0.3 is 36.0 Å². The fraction of sp³-hybridized carbons (Fsp3) is 0.455. The second-order valence-electron chi connectivity index (χ2n) is 7.53. The predicted octanol–water partition coefficient (Wildman–Crippen LogP) is 0.299. The Morgan fingerprint density at radius 1 is 0.862 bits per heavy atom. The van der Waals surface area contributed by atoms with Crippen molar-refractivity contribution >= 4 is 5.69 Å². The van der Waals surface area contributed by atoms with Crippen LogP contribution in [0.4, 0.5) is 5.69 Å². The lowest BCUT2D eigenvalue weighted by Gasteiger charge is -2.40. The van der Waals surface area contributed by atoms with Gasteiger partial charge in [0.05, 0.1) is 6.61 Å². The molecule has 0 aliphatic carbocycles. The molecule has 0 amide bonds. The van der Waals surface area contributed by atoms with E-state index < -0.39 is 37.1 Å². The number of aliphatic hydroxyl groups is 5. The SMILES string of the molecule is Nc1ccc([C@@H]2O[C@H](CO)[C@@H](O)C(O)[C@H]2O)cc1Cc1ccc(CCCO)cc1. The maximum absolute atomic E-state index is 10.4. The van der Waals surface area contributed by atoms with Crippen LogP contribution in [0, 0.1) is 0 Å². The molecule has 0 bridgehead atoms. The second kappa shape index (κ2) is 9.67. The summed E-state index contributed by atoms with van der Waals surface area (Å²) in [5.41, 5.74) is 10.4. The lowest BCUT2D eigenvalue weighted by molar-refractivity contribution is -0.231. The van der Waals surface area contributed by atoms with Crippen molar-refractivity contribution in [1.82, 2.24) is 0 Å². The Morgan fingerprint density at radius 3 is 2.21 bits per heavy atom. The van der Waals surface area contributed by atoms with Crippen LogP contribution in [0.15, 0.2) is 42.5 Å². The Kier molecular flexibility index (Phi) is 7.23. The maximum Gasteiger partial charge on any atom is 0.113 e. The molecule has 1 aliphatic heterocycles. The third-order valence-electron chi connectivity index (χ3n) is 5.43. The highest BCUT2D eigenvalue weighted by Crippen LogP contribution is 2.34. The van der Waals surface area contributed by atoms with Gasteiger partial charge in [0.25, 0.3) is 0 Å².